The number of phosphoric ester groups is 1. The van der Waals surface area contributed by atoms with Gasteiger partial charge in [-0.2, -0.15) is 0 Å². The van der Waals surface area contributed by atoms with Crippen molar-refractivity contribution in [1.29, 1.82) is 0 Å². The fraction of sp³-hybridized carbons (Fsp3) is 0.467. The number of rotatable bonds is 6. The number of phenolic OH excluding ortho intramolecular Hbond substituents is 1. The molecule has 4 N–H and O–H groups in total. The zero-order valence-corrected chi connectivity index (χ0v) is 13.6. The normalized spacial score (nSPS) is 19.7. The number of aromatic hydroxyl groups is 1. The first kappa shape index (κ1) is 16.5. The number of aromatic amines is 1. The van der Waals surface area contributed by atoms with Gasteiger partial charge in [0.15, 0.2) is 0 Å². The molecule has 0 saturated carbocycles. The van der Waals surface area contributed by atoms with Crippen LogP contribution in [0, 0.1) is 0 Å². The lowest BCUT2D eigenvalue weighted by atomic mass is 10.1. The Bertz CT molecular complexity index is 726. The molecule has 8 heteroatoms. The van der Waals surface area contributed by atoms with Crippen LogP contribution < -0.4 is 0 Å². The molecule has 0 unspecified atom stereocenters. The van der Waals surface area contributed by atoms with Gasteiger partial charge in [0.25, 0.3) is 0 Å². The van der Waals surface area contributed by atoms with Crippen LogP contribution in [-0.4, -0.2) is 50.5 Å². The maximum atomic E-state index is 10.8. The van der Waals surface area contributed by atoms with E-state index in [9.17, 15) is 9.67 Å². The maximum absolute atomic E-state index is 10.8. The second-order valence-corrected chi connectivity index (χ2v) is 7.12. The molecule has 23 heavy (non-hydrogen) atoms. The minimum atomic E-state index is -4.42. The van der Waals surface area contributed by atoms with Gasteiger partial charge >= 0.3 is 7.82 Å². The minimum Gasteiger partial charge on any atom is -0.507 e. The van der Waals surface area contributed by atoms with Gasteiger partial charge in [-0.1, -0.05) is 6.07 Å². The molecule has 0 spiro atoms. The number of hydrogen-bond donors (Lipinski definition) is 4. The summed E-state index contributed by atoms with van der Waals surface area (Å²) in [4.78, 5) is 23.0. The van der Waals surface area contributed by atoms with Gasteiger partial charge in [0.1, 0.15) is 5.75 Å². The molecular weight excluding hydrogens is 319 g/mol. The molecule has 2 heterocycles. The molecule has 1 aliphatic heterocycles. The van der Waals surface area contributed by atoms with Crippen molar-refractivity contribution in [2.75, 3.05) is 19.7 Å². The van der Waals surface area contributed by atoms with Crippen LogP contribution in [0.1, 0.15) is 18.4 Å². The molecule has 1 aliphatic rings. The van der Waals surface area contributed by atoms with Crippen LogP contribution in [-0.2, 0) is 15.5 Å². The molecule has 3 rings (SSSR count). The van der Waals surface area contributed by atoms with Gasteiger partial charge in [-0.25, -0.2) is 4.57 Å². The predicted octanol–water partition coefficient (Wildman–Crippen LogP) is 1.99. The van der Waals surface area contributed by atoms with E-state index in [1.165, 1.54) is 0 Å². The van der Waals surface area contributed by atoms with Crippen LogP contribution in [0.4, 0.5) is 0 Å². The number of H-pyrrole nitrogens is 1. The van der Waals surface area contributed by atoms with Crippen molar-refractivity contribution in [3.05, 3.63) is 30.0 Å². The van der Waals surface area contributed by atoms with Crippen LogP contribution >= 0.6 is 7.82 Å². The van der Waals surface area contributed by atoms with Crippen molar-refractivity contribution in [3.63, 3.8) is 0 Å². The van der Waals surface area contributed by atoms with Crippen LogP contribution in [0.25, 0.3) is 10.9 Å². The number of hydrogen-bond acceptors (Lipinski definition) is 4. The minimum absolute atomic E-state index is 0.0291. The van der Waals surface area contributed by atoms with Gasteiger partial charge < -0.3 is 19.9 Å². The Hall–Kier alpha value is -1.37. The molecule has 126 valence electrons. The zero-order chi connectivity index (χ0) is 16.4. The number of nitrogens with one attached hydrogen (secondary N) is 1. The highest BCUT2D eigenvalue weighted by atomic mass is 31.2. The van der Waals surface area contributed by atoms with Crippen molar-refractivity contribution in [1.82, 2.24) is 9.88 Å². The first-order chi connectivity index (χ1) is 10.9. The molecule has 1 atom stereocenters. The fourth-order valence-electron chi connectivity index (χ4n) is 3.26. The molecule has 0 radical (unpaired) electrons. The topological polar surface area (TPSA) is 106 Å². The van der Waals surface area contributed by atoms with Crippen LogP contribution in [0.2, 0.25) is 0 Å². The van der Waals surface area contributed by atoms with Gasteiger partial charge in [-0.05, 0) is 43.5 Å². The Labute approximate surface area is 134 Å². The summed E-state index contributed by atoms with van der Waals surface area (Å²) in [7, 11) is -4.42. The molecule has 1 aromatic heterocycles. The number of phosphoric acid groups is 1. The Balaban J connectivity index is 1.63. The quantitative estimate of drug-likeness (QED) is 0.599. The smallest absolute Gasteiger partial charge is 0.469 e. The zero-order valence-electron chi connectivity index (χ0n) is 12.7. The van der Waals surface area contributed by atoms with Crippen LogP contribution in [0.5, 0.6) is 5.75 Å². The third-order valence-corrected chi connectivity index (χ3v) is 4.85. The Morgan fingerprint density at radius 3 is 3.00 bits per heavy atom. The van der Waals surface area contributed by atoms with Crippen molar-refractivity contribution in [3.8, 4) is 5.75 Å². The van der Waals surface area contributed by atoms with Gasteiger partial charge in [0, 0.05) is 29.7 Å². The lowest BCUT2D eigenvalue weighted by molar-refractivity contribution is 0.135. The van der Waals surface area contributed by atoms with E-state index in [4.69, 9.17) is 9.79 Å². The van der Waals surface area contributed by atoms with E-state index in [2.05, 4.69) is 14.4 Å². The lowest BCUT2D eigenvalue weighted by Crippen LogP contribution is -2.34. The average Bonchev–Trinajstić information content (AvgIpc) is 3.09. The molecule has 1 aromatic carbocycles. The molecule has 0 aliphatic carbocycles. The molecule has 2 aromatic rings. The third kappa shape index (κ3) is 3.94. The van der Waals surface area contributed by atoms with Gasteiger partial charge in [0.05, 0.1) is 6.61 Å². The van der Waals surface area contributed by atoms with Crippen molar-refractivity contribution in [2.24, 2.45) is 0 Å². The highest BCUT2D eigenvalue weighted by Crippen LogP contribution is 2.37. The van der Waals surface area contributed by atoms with Gasteiger partial charge in [-0.3, -0.25) is 9.42 Å². The molecule has 1 saturated heterocycles. The summed E-state index contributed by atoms with van der Waals surface area (Å²) >= 11 is 0. The van der Waals surface area contributed by atoms with E-state index >= 15 is 0 Å². The van der Waals surface area contributed by atoms with Crippen molar-refractivity contribution < 1.29 is 24.0 Å². The third-order valence-electron chi connectivity index (χ3n) is 4.37. The standard InChI is InChI=1S/C15H21N2O5P/c18-14-5-1-4-13-15(14)11(9-16-13)6-8-17-7-2-3-12(17)10-22-23(19,20)21/h1,4-5,9,12,16,18H,2-3,6-8,10H2,(H2,19,20,21)/t12-/m0/s1. The van der Waals surface area contributed by atoms with E-state index in [0.29, 0.717) is 0 Å². The second-order valence-electron chi connectivity index (χ2n) is 5.88. The Morgan fingerprint density at radius 1 is 1.39 bits per heavy atom. The van der Waals surface area contributed by atoms with Gasteiger partial charge in [-0.15, -0.1) is 0 Å². The highest BCUT2D eigenvalue weighted by molar-refractivity contribution is 7.46. The summed E-state index contributed by atoms with van der Waals surface area (Å²) in [5.74, 6) is 0.265. The van der Waals surface area contributed by atoms with E-state index in [1.54, 1.807) is 12.1 Å². The molecular formula is C15H21N2O5P. The van der Waals surface area contributed by atoms with Crippen LogP contribution in [0.15, 0.2) is 24.4 Å². The van der Waals surface area contributed by atoms with Gasteiger partial charge in [0.2, 0.25) is 0 Å². The number of fused-ring (bicyclic) bond motifs is 1. The molecule has 0 amide bonds. The van der Waals surface area contributed by atoms with E-state index in [-0.39, 0.29) is 18.4 Å². The SMILES string of the molecule is O=P(O)(O)OC[C@@H]1CCCN1CCc1c[nH]c2cccc(O)c12. The second kappa shape index (κ2) is 6.63. The summed E-state index contributed by atoms with van der Waals surface area (Å²) in [5, 5.41) is 10.9. The Kier molecular flexibility index (Phi) is 4.75. The Morgan fingerprint density at radius 2 is 2.22 bits per heavy atom. The number of phenols is 1. The monoisotopic (exact) mass is 340 g/mol. The first-order valence-electron chi connectivity index (χ1n) is 7.66. The van der Waals surface area contributed by atoms with E-state index in [1.807, 2.05) is 12.3 Å². The summed E-state index contributed by atoms with van der Waals surface area (Å²) in [6.07, 6.45) is 4.53. The summed E-state index contributed by atoms with van der Waals surface area (Å²) in [6.45, 7) is 1.70. The maximum Gasteiger partial charge on any atom is 0.469 e. The van der Waals surface area contributed by atoms with Crippen molar-refractivity contribution in [2.45, 2.75) is 25.3 Å². The molecule has 7 nitrogen and oxygen atoms in total. The highest BCUT2D eigenvalue weighted by Gasteiger charge is 2.27. The number of aromatic nitrogens is 1. The number of nitrogens with zero attached hydrogens (tertiary/aromatic N) is 1. The summed E-state index contributed by atoms with van der Waals surface area (Å²) in [5.41, 5.74) is 1.95. The predicted molar refractivity (Wildman–Crippen MR) is 86.3 cm³/mol. The van der Waals surface area contributed by atoms with Crippen LogP contribution in [0.3, 0.4) is 0 Å². The lowest BCUT2D eigenvalue weighted by Gasteiger charge is -2.24. The first-order valence-corrected chi connectivity index (χ1v) is 9.19. The van der Waals surface area contributed by atoms with E-state index in [0.717, 1.165) is 48.8 Å². The summed E-state index contributed by atoms with van der Waals surface area (Å²) < 4.78 is 15.5. The fourth-order valence-corrected chi connectivity index (χ4v) is 3.62. The largest absolute Gasteiger partial charge is 0.507 e. The molecule has 1 fully saturated rings. The molecule has 0 bridgehead atoms. The number of benzene rings is 1. The van der Waals surface area contributed by atoms with Crippen molar-refractivity contribution >= 4 is 18.7 Å². The summed E-state index contributed by atoms with van der Waals surface area (Å²) in [6, 6.07) is 5.42. The van der Waals surface area contributed by atoms with E-state index < -0.39 is 7.82 Å². The average molecular weight is 340 g/mol. The number of likely N-dealkylation sites (tertiary alicyclic amines) is 1.